The molecule has 0 fully saturated rings. The van der Waals surface area contributed by atoms with Crippen molar-refractivity contribution in [3.63, 3.8) is 0 Å². The van der Waals surface area contributed by atoms with E-state index < -0.39 is 5.82 Å². The van der Waals surface area contributed by atoms with Crippen molar-refractivity contribution in [3.8, 4) is 11.6 Å². The smallest absolute Gasteiger partial charge is 0.224 e. The summed E-state index contributed by atoms with van der Waals surface area (Å²) in [4.78, 5) is 7.85. The summed E-state index contributed by atoms with van der Waals surface area (Å²) in [5.41, 5.74) is 0. The maximum Gasteiger partial charge on any atom is 0.224 e. The number of anilines is 1. The zero-order valence-electron chi connectivity index (χ0n) is 9.25. The van der Waals surface area contributed by atoms with Crippen LogP contribution in [-0.4, -0.2) is 17.0 Å². The van der Waals surface area contributed by atoms with Crippen LogP contribution in [0, 0.1) is 5.82 Å². The zero-order chi connectivity index (χ0) is 13.1. The van der Waals surface area contributed by atoms with E-state index >= 15 is 0 Å². The molecule has 1 N–H and O–H groups in total. The molecule has 0 saturated heterocycles. The number of nitrogens with zero attached hydrogens (tertiary/aromatic N) is 2. The normalized spacial score (nSPS) is 10.2. The number of aromatic nitrogens is 2. The molecule has 0 saturated carbocycles. The highest BCUT2D eigenvalue weighted by atomic mass is 79.9. The van der Waals surface area contributed by atoms with Crippen LogP contribution in [0.4, 0.5) is 10.2 Å². The summed E-state index contributed by atoms with van der Waals surface area (Å²) in [5, 5.41) is 3.13. The average molecular weight is 333 g/mol. The van der Waals surface area contributed by atoms with Gasteiger partial charge in [-0.15, -0.1) is 0 Å². The van der Waals surface area contributed by atoms with Crippen molar-refractivity contribution >= 4 is 33.3 Å². The van der Waals surface area contributed by atoms with E-state index in [1.165, 1.54) is 18.5 Å². The van der Waals surface area contributed by atoms with Crippen LogP contribution >= 0.6 is 27.5 Å². The first-order chi connectivity index (χ1) is 8.60. The molecule has 94 valence electrons. The summed E-state index contributed by atoms with van der Waals surface area (Å²) in [6, 6.07) is 4.19. The van der Waals surface area contributed by atoms with Gasteiger partial charge in [-0.1, -0.05) is 11.6 Å². The molecule has 0 amide bonds. The van der Waals surface area contributed by atoms with E-state index in [0.717, 1.165) is 0 Å². The van der Waals surface area contributed by atoms with Gasteiger partial charge < -0.3 is 10.1 Å². The maximum absolute atomic E-state index is 13.4. The van der Waals surface area contributed by atoms with Gasteiger partial charge in [-0.3, -0.25) is 0 Å². The quantitative estimate of drug-likeness (QED) is 0.867. The lowest BCUT2D eigenvalue weighted by molar-refractivity contribution is 0.457. The minimum absolute atomic E-state index is 0.193. The lowest BCUT2D eigenvalue weighted by Crippen LogP contribution is -1.95. The van der Waals surface area contributed by atoms with Gasteiger partial charge in [0.1, 0.15) is 18.0 Å². The Morgan fingerprint density at radius 3 is 2.83 bits per heavy atom. The van der Waals surface area contributed by atoms with E-state index in [1.807, 2.05) is 0 Å². The van der Waals surface area contributed by atoms with Crippen LogP contribution in [0.1, 0.15) is 0 Å². The summed E-state index contributed by atoms with van der Waals surface area (Å²) in [6.07, 6.45) is 1.34. The third kappa shape index (κ3) is 2.88. The van der Waals surface area contributed by atoms with Crippen LogP contribution in [0.5, 0.6) is 11.6 Å². The fourth-order valence-corrected chi connectivity index (χ4v) is 1.90. The SMILES string of the molecule is CNc1cc(Oc2cc(F)c(Br)cc2Cl)ncn1. The number of benzene rings is 1. The average Bonchev–Trinajstić information content (AvgIpc) is 2.36. The van der Waals surface area contributed by atoms with Crippen molar-refractivity contribution in [3.05, 3.63) is 39.8 Å². The fraction of sp³-hybridized carbons (Fsp3) is 0.0909. The fourth-order valence-electron chi connectivity index (χ4n) is 1.23. The number of hydrogen-bond acceptors (Lipinski definition) is 4. The van der Waals surface area contributed by atoms with Gasteiger partial charge in [0.05, 0.1) is 9.50 Å². The molecular formula is C11H8BrClFN3O. The number of ether oxygens (including phenoxy) is 1. The Hall–Kier alpha value is -1.40. The van der Waals surface area contributed by atoms with Gasteiger partial charge in [-0.05, 0) is 22.0 Å². The second-order valence-corrected chi connectivity index (χ2v) is 4.55. The highest BCUT2D eigenvalue weighted by molar-refractivity contribution is 9.10. The van der Waals surface area contributed by atoms with Crippen LogP contribution in [0.3, 0.4) is 0 Å². The Labute approximate surface area is 116 Å². The third-order valence-corrected chi connectivity index (χ3v) is 2.99. The molecule has 0 spiro atoms. The summed E-state index contributed by atoms with van der Waals surface area (Å²) >= 11 is 8.98. The van der Waals surface area contributed by atoms with Crippen molar-refractivity contribution in [1.29, 1.82) is 0 Å². The monoisotopic (exact) mass is 331 g/mol. The summed E-state index contributed by atoms with van der Waals surface area (Å²) < 4.78 is 19.1. The molecule has 1 aromatic heterocycles. The van der Waals surface area contributed by atoms with Crippen molar-refractivity contribution in [2.45, 2.75) is 0 Å². The lowest BCUT2D eigenvalue weighted by Gasteiger charge is -2.08. The first kappa shape index (κ1) is 13.0. The molecule has 0 aliphatic rings. The van der Waals surface area contributed by atoms with Crippen molar-refractivity contribution in [2.75, 3.05) is 12.4 Å². The molecule has 0 unspecified atom stereocenters. The Morgan fingerprint density at radius 1 is 1.33 bits per heavy atom. The van der Waals surface area contributed by atoms with E-state index in [-0.39, 0.29) is 21.1 Å². The minimum Gasteiger partial charge on any atom is -0.437 e. The summed E-state index contributed by atoms with van der Waals surface area (Å²) in [5.74, 6) is 0.599. The standard InChI is InChI=1S/C11H8BrClFN3O/c1-15-10-4-11(17-5-16-10)18-9-3-8(14)6(12)2-7(9)13/h2-5H,1H3,(H,15,16,17). The first-order valence-electron chi connectivity index (χ1n) is 4.92. The van der Waals surface area contributed by atoms with Crippen molar-refractivity contribution < 1.29 is 9.13 Å². The van der Waals surface area contributed by atoms with E-state index in [0.29, 0.717) is 5.82 Å². The number of nitrogens with one attached hydrogen (secondary N) is 1. The minimum atomic E-state index is -0.461. The van der Waals surface area contributed by atoms with E-state index in [2.05, 4.69) is 31.2 Å². The molecular weight excluding hydrogens is 324 g/mol. The molecule has 0 radical (unpaired) electrons. The first-order valence-corrected chi connectivity index (χ1v) is 6.09. The van der Waals surface area contributed by atoms with Crippen LogP contribution in [0.25, 0.3) is 0 Å². The Morgan fingerprint density at radius 2 is 2.11 bits per heavy atom. The van der Waals surface area contributed by atoms with Crippen LogP contribution < -0.4 is 10.1 Å². The van der Waals surface area contributed by atoms with E-state index in [9.17, 15) is 4.39 Å². The number of halogens is 3. The molecule has 0 aliphatic carbocycles. The highest BCUT2D eigenvalue weighted by Crippen LogP contribution is 2.33. The van der Waals surface area contributed by atoms with E-state index in [1.54, 1.807) is 13.1 Å². The molecule has 18 heavy (non-hydrogen) atoms. The van der Waals surface area contributed by atoms with Crippen molar-refractivity contribution in [2.24, 2.45) is 0 Å². The molecule has 2 rings (SSSR count). The molecule has 2 aromatic rings. The molecule has 1 aromatic carbocycles. The van der Waals surface area contributed by atoms with Gasteiger partial charge in [-0.2, -0.15) is 0 Å². The zero-order valence-corrected chi connectivity index (χ0v) is 11.6. The van der Waals surface area contributed by atoms with Gasteiger partial charge in [0, 0.05) is 19.2 Å². The third-order valence-electron chi connectivity index (χ3n) is 2.09. The Kier molecular flexibility index (Phi) is 3.98. The maximum atomic E-state index is 13.4. The highest BCUT2D eigenvalue weighted by Gasteiger charge is 2.10. The molecule has 7 heteroatoms. The van der Waals surface area contributed by atoms with Crippen LogP contribution in [0.2, 0.25) is 5.02 Å². The molecule has 0 aliphatic heterocycles. The van der Waals surface area contributed by atoms with Gasteiger partial charge in [0.2, 0.25) is 5.88 Å². The Balaban J connectivity index is 2.30. The van der Waals surface area contributed by atoms with Gasteiger partial charge >= 0.3 is 0 Å². The second kappa shape index (κ2) is 5.49. The van der Waals surface area contributed by atoms with Crippen LogP contribution in [-0.2, 0) is 0 Å². The predicted octanol–water partition coefficient (Wildman–Crippen LogP) is 3.87. The van der Waals surface area contributed by atoms with Gasteiger partial charge in [0.15, 0.2) is 5.75 Å². The van der Waals surface area contributed by atoms with Gasteiger partial charge in [-0.25, -0.2) is 14.4 Å². The number of hydrogen-bond donors (Lipinski definition) is 1. The van der Waals surface area contributed by atoms with Gasteiger partial charge in [0.25, 0.3) is 0 Å². The summed E-state index contributed by atoms with van der Waals surface area (Å²) in [7, 11) is 1.72. The lowest BCUT2D eigenvalue weighted by atomic mass is 10.3. The predicted molar refractivity (Wildman–Crippen MR) is 70.8 cm³/mol. The molecule has 0 atom stereocenters. The Bertz CT molecular complexity index is 582. The topological polar surface area (TPSA) is 47.0 Å². The van der Waals surface area contributed by atoms with Crippen LogP contribution in [0.15, 0.2) is 29.0 Å². The second-order valence-electron chi connectivity index (χ2n) is 3.29. The molecule has 1 heterocycles. The summed E-state index contributed by atoms with van der Waals surface area (Å²) in [6.45, 7) is 0. The molecule has 4 nitrogen and oxygen atoms in total. The molecule has 0 bridgehead atoms. The van der Waals surface area contributed by atoms with E-state index in [4.69, 9.17) is 16.3 Å². The van der Waals surface area contributed by atoms with Crippen molar-refractivity contribution in [1.82, 2.24) is 9.97 Å². The number of rotatable bonds is 3. The largest absolute Gasteiger partial charge is 0.437 e.